The molecular formula is C17H13FN4. The van der Waals surface area contributed by atoms with E-state index < -0.39 is 5.95 Å². The van der Waals surface area contributed by atoms with Gasteiger partial charge in [0.25, 0.3) is 0 Å². The van der Waals surface area contributed by atoms with E-state index in [1.165, 1.54) is 12.3 Å². The molecule has 0 N–H and O–H groups in total. The quantitative estimate of drug-likeness (QED) is 0.512. The van der Waals surface area contributed by atoms with Gasteiger partial charge >= 0.3 is 0 Å². The fourth-order valence-corrected chi connectivity index (χ4v) is 2.13. The number of hydrogen-bond acceptors (Lipinski definition) is 3. The lowest BCUT2D eigenvalue weighted by molar-refractivity contribution is 0.582. The molecule has 0 aliphatic carbocycles. The number of hydrogen-bond donors (Lipinski definition) is 0. The van der Waals surface area contributed by atoms with Gasteiger partial charge < -0.3 is 0 Å². The first-order valence-corrected chi connectivity index (χ1v) is 6.76. The van der Waals surface area contributed by atoms with Crippen molar-refractivity contribution in [3.63, 3.8) is 0 Å². The van der Waals surface area contributed by atoms with Crippen molar-refractivity contribution in [1.29, 1.82) is 0 Å². The van der Waals surface area contributed by atoms with Gasteiger partial charge in [0.15, 0.2) is 0 Å². The van der Waals surface area contributed by atoms with Crippen LogP contribution in [-0.2, 0) is 0 Å². The normalized spacial score (nSPS) is 10.1. The van der Waals surface area contributed by atoms with Gasteiger partial charge in [-0.2, -0.15) is 9.49 Å². The zero-order valence-corrected chi connectivity index (χ0v) is 12.2. The molecular weight excluding hydrogens is 279 g/mol. The van der Waals surface area contributed by atoms with Gasteiger partial charge in [-0.3, -0.25) is 0 Å². The smallest absolute Gasteiger partial charge is 0.212 e. The van der Waals surface area contributed by atoms with Crippen LogP contribution >= 0.6 is 0 Å². The second kappa shape index (κ2) is 5.78. The maximum Gasteiger partial charge on any atom is 0.212 e. The fourth-order valence-electron chi connectivity index (χ4n) is 2.13. The number of pyridine rings is 2. The zero-order valence-electron chi connectivity index (χ0n) is 12.2. The van der Waals surface area contributed by atoms with Crippen molar-refractivity contribution in [1.82, 2.24) is 19.7 Å². The summed E-state index contributed by atoms with van der Waals surface area (Å²) in [4.78, 5) is 7.83. The first kappa shape index (κ1) is 14.0. The Bertz CT molecular complexity index is 855. The monoisotopic (exact) mass is 292 g/mol. The van der Waals surface area contributed by atoms with E-state index in [0.717, 1.165) is 17.0 Å². The van der Waals surface area contributed by atoms with Gasteiger partial charge in [0.2, 0.25) is 5.95 Å². The average molecular weight is 292 g/mol. The number of rotatable bonds is 1. The highest BCUT2D eigenvalue weighted by molar-refractivity contribution is 5.47. The lowest BCUT2D eigenvalue weighted by Crippen LogP contribution is -2.00. The summed E-state index contributed by atoms with van der Waals surface area (Å²) in [6.45, 7) is 3.81. The molecule has 0 amide bonds. The van der Waals surface area contributed by atoms with E-state index in [1.807, 2.05) is 32.0 Å². The van der Waals surface area contributed by atoms with E-state index in [1.54, 1.807) is 16.9 Å². The summed E-state index contributed by atoms with van der Waals surface area (Å²) in [6.07, 6.45) is 3.15. The first-order valence-electron chi connectivity index (χ1n) is 6.76. The number of aryl methyl sites for hydroxylation is 1. The Morgan fingerprint density at radius 3 is 2.59 bits per heavy atom. The van der Waals surface area contributed by atoms with Gasteiger partial charge in [0, 0.05) is 6.20 Å². The Hall–Kier alpha value is -3.00. The summed E-state index contributed by atoms with van der Waals surface area (Å²) < 4.78 is 14.6. The van der Waals surface area contributed by atoms with Crippen LogP contribution in [0.15, 0.2) is 42.7 Å². The Kier molecular flexibility index (Phi) is 3.67. The van der Waals surface area contributed by atoms with Crippen LogP contribution < -0.4 is 0 Å². The van der Waals surface area contributed by atoms with E-state index in [-0.39, 0.29) is 0 Å². The molecule has 0 spiro atoms. The maximum absolute atomic E-state index is 12.9. The summed E-state index contributed by atoms with van der Waals surface area (Å²) in [5.41, 5.74) is 3.94. The lowest BCUT2D eigenvalue weighted by Gasteiger charge is -2.02. The SMILES string of the molecule is Cc1nn(-c2ccc(F)nc2)c(C)c1C#Cc1ccccn1. The minimum Gasteiger partial charge on any atom is -0.248 e. The van der Waals surface area contributed by atoms with Gasteiger partial charge in [-0.25, -0.2) is 14.6 Å². The van der Waals surface area contributed by atoms with Gasteiger partial charge in [0.1, 0.15) is 5.69 Å². The molecule has 0 saturated carbocycles. The third-order valence-corrected chi connectivity index (χ3v) is 3.23. The lowest BCUT2D eigenvalue weighted by atomic mass is 10.2. The molecule has 108 valence electrons. The molecule has 0 bridgehead atoms. The van der Waals surface area contributed by atoms with E-state index in [9.17, 15) is 4.39 Å². The topological polar surface area (TPSA) is 43.6 Å². The van der Waals surface area contributed by atoms with Crippen LogP contribution in [0.25, 0.3) is 5.69 Å². The molecule has 0 atom stereocenters. The van der Waals surface area contributed by atoms with E-state index in [4.69, 9.17) is 0 Å². The average Bonchev–Trinajstić information content (AvgIpc) is 2.82. The molecule has 0 fully saturated rings. The van der Waals surface area contributed by atoms with Crippen molar-refractivity contribution >= 4 is 0 Å². The van der Waals surface area contributed by atoms with Crippen molar-refractivity contribution in [2.45, 2.75) is 13.8 Å². The van der Waals surface area contributed by atoms with Crippen molar-refractivity contribution in [2.75, 3.05) is 0 Å². The number of halogens is 1. The Labute approximate surface area is 127 Å². The van der Waals surface area contributed by atoms with Crippen LogP contribution in [0.1, 0.15) is 22.6 Å². The van der Waals surface area contributed by atoms with Gasteiger partial charge in [-0.15, -0.1) is 0 Å². The van der Waals surface area contributed by atoms with E-state index in [0.29, 0.717) is 11.4 Å². The largest absolute Gasteiger partial charge is 0.248 e. The van der Waals surface area contributed by atoms with Crippen molar-refractivity contribution in [2.24, 2.45) is 0 Å². The third kappa shape index (κ3) is 2.72. The first-order chi connectivity index (χ1) is 10.6. The molecule has 0 radical (unpaired) electrons. The van der Waals surface area contributed by atoms with Crippen LogP contribution in [0.3, 0.4) is 0 Å². The molecule has 0 aliphatic rings. The van der Waals surface area contributed by atoms with Crippen molar-refractivity contribution in [3.05, 3.63) is 71.3 Å². The van der Waals surface area contributed by atoms with Crippen LogP contribution in [0.2, 0.25) is 0 Å². The standard InChI is InChI=1S/C17H13FN4/c1-12-16(8-6-14-5-3-4-10-19-14)13(2)22(21-12)15-7-9-17(18)20-11-15/h3-5,7,9-11H,1-2H3. The predicted molar refractivity (Wildman–Crippen MR) is 81.0 cm³/mol. The Morgan fingerprint density at radius 1 is 1.05 bits per heavy atom. The highest BCUT2D eigenvalue weighted by Crippen LogP contribution is 2.16. The molecule has 4 nitrogen and oxygen atoms in total. The number of nitrogens with zero attached hydrogens (tertiary/aromatic N) is 4. The second-order valence-corrected chi connectivity index (χ2v) is 4.76. The Morgan fingerprint density at radius 2 is 1.91 bits per heavy atom. The van der Waals surface area contributed by atoms with Crippen LogP contribution in [0.4, 0.5) is 4.39 Å². The molecule has 3 aromatic rings. The molecule has 0 aromatic carbocycles. The predicted octanol–water partition coefficient (Wildman–Crippen LogP) is 2.82. The molecule has 0 saturated heterocycles. The fraction of sp³-hybridized carbons (Fsp3) is 0.118. The van der Waals surface area contributed by atoms with Crippen molar-refractivity contribution < 1.29 is 4.39 Å². The zero-order chi connectivity index (χ0) is 15.5. The minimum atomic E-state index is -0.513. The summed E-state index contributed by atoms with van der Waals surface area (Å²) in [5, 5.41) is 4.45. The summed E-state index contributed by atoms with van der Waals surface area (Å²) >= 11 is 0. The molecule has 3 rings (SSSR count). The molecule has 0 unspecified atom stereocenters. The van der Waals surface area contributed by atoms with Crippen LogP contribution in [-0.4, -0.2) is 19.7 Å². The second-order valence-electron chi connectivity index (χ2n) is 4.76. The van der Waals surface area contributed by atoms with Crippen LogP contribution in [0, 0.1) is 31.6 Å². The van der Waals surface area contributed by atoms with Gasteiger partial charge in [-0.05, 0) is 44.0 Å². The third-order valence-electron chi connectivity index (χ3n) is 3.23. The highest BCUT2D eigenvalue weighted by atomic mass is 19.1. The van der Waals surface area contributed by atoms with Crippen molar-refractivity contribution in [3.8, 4) is 17.5 Å². The molecule has 5 heteroatoms. The molecule has 22 heavy (non-hydrogen) atoms. The summed E-state index contributed by atoms with van der Waals surface area (Å²) in [7, 11) is 0. The maximum atomic E-state index is 12.9. The van der Waals surface area contributed by atoms with E-state index in [2.05, 4.69) is 26.9 Å². The molecule has 0 aliphatic heterocycles. The summed E-state index contributed by atoms with van der Waals surface area (Å²) in [5.74, 6) is 5.62. The molecule has 3 heterocycles. The highest BCUT2D eigenvalue weighted by Gasteiger charge is 2.11. The van der Waals surface area contributed by atoms with E-state index >= 15 is 0 Å². The number of aromatic nitrogens is 4. The molecule has 3 aromatic heterocycles. The summed E-state index contributed by atoms with van der Waals surface area (Å²) in [6, 6.07) is 8.54. The minimum absolute atomic E-state index is 0.513. The van der Waals surface area contributed by atoms with Crippen LogP contribution in [0.5, 0.6) is 0 Å². The van der Waals surface area contributed by atoms with Gasteiger partial charge in [0.05, 0.1) is 28.8 Å². The van der Waals surface area contributed by atoms with Gasteiger partial charge in [-0.1, -0.05) is 12.0 Å². The Balaban J connectivity index is 2.01.